The van der Waals surface area contributed by atoms with Gasteiger partial charge in [0, 0.05) is 31.4 Å². The van der Waals surface area contributed by atoms with Crippen molar-refractivity contribution >= 4 is 19.9 Å². The van der Waals surface area contributed by atoms with E-state index in [9.17, 15) is 16.8 Å². The van der Waals surface area contributed by atoms with Gasteiger partial charge in [-0.05, 0) is 37.6 Å². The molecule has 0 amide bonds. The van der Waals surface area contributed by atoms with E-state index in [1.54, 1.807) is 0 Å². The monoisotopic (exact) mass is 374 g/mol. The molecule has 2 heterocycles. The van der Waals surface area contributed by atoms with Crippen LogP contribution in [0.1, 0.15) is 13.3 Å². The van der Waals surface area contributed by atoms with Gasteiger partial charge in [-0.15, -0.1) is 0 Å². The molecule has 24 heavy (non-hydrogen) atoms. The normalized spacial score (nSPS) is 28.7. The van der Waals surface area contributed by atoms with Gasteiger partial charge in [0.05, 0.1) is 22.5 Å². The number of sulfone groups is 1. The quantitative estimate of drug-likeness (QED) is 0.811. The molecule has 2 aliphatic heterocycles. The highest BCUT2D eigenvalue weighted by molar-refractivity contribution is 7.90. The third kappa shape index (κ3) is 3.80. The minimum atomic E-state index is -3.67. The number of morpholine rings is 1. The molecule has 0 radical (unpaired) electrons. The third-order valence-electron chi connectivity index (χ3n) is 4.48. The zero-order valence-electron chi connectivity index (χ0n) is 13.7. The Balaban J connectivity index is 1.70. The van der Waals surface area contributed by atoms with Gasteiger partial charge in [-0.3, -0.25) is 4.90 Å². The molecule has 9 heteroatoms. The van der Waals surface area contributed by atoms with E-state index in [0.717, 1.165) is 12.8 Å². The number of fused-ring (bicyclic) bond motifs is 1. The molecule has 0 unspecified atom stereocenters. The van der Waals surface area contributed by atoms with E-state index in [2.05, 4.69) is 9.62 Å². The van der Waals surface area contributed by atoms with Crippen molar-refractivity contribution in [2.75, 3.05) is 26.0 Å². The van der Waals surface area contributed by atoms with Gasteiger partial charge in [0.25, 0.3) is 0 Å². The van der Waals surface area contributed by atoms with Gasteiger partial charge in [0.2, 0.25) is 10.0 Å². The van der Waals surface area contributed by atoms with Gasteiger partial charge in [-0.25, -0.2) is 21.6 Å². The first-order valence-corrected chi connectivity index (χ1v) is 11.2. The lowest BCUT2D eigenvalue weighted by Crippen LogP contribution is -2.45. The summed E-state index contributed by atoms with van der Waals surface area (Å²) in [6.45, 7) is 4.12. The van der Waals surface area contributed by atoms with Crippen LogP contribution >= 0.6 is 0 Å². The van der Waals surface area contributed by atoms with Crippen molar-refractivity contribution in [3.05, 3.63) is 24.3 Å². The maximum Gasteiger partial charge on any atom is 0.240 e. The fourth-order valence-corrected chi connectivity index (χ4v) is 5.15. The molecule has 0 saturated carbocycles. The van der Waals surface area contributed by atoms with Crippen molar-refractivity contribution in [1.29, 1.82) is 0 Å². The molecule has 134 valence electrons. The van der Waals surface area contributed by atoms with E-state index in [0.29, 0.717) is 19.6 Å². The van der Waals surface area contributed by atoms with Crippen molar-refractivity contribution in [3.63, 3.8) is 0 Å². The van der Waals surface area contributed by atoms with Gasteiger partial charge in [-0.1, -0.05) is 0 Å². The number of nitrogens with one attached hydrogen (secondary N) is 1. The average molecular weight is 374 g/mol. The van der Waals surface area contributed by atoms with Crippen LogP contribution in [-0.2, 0) is 24.6 Å². The summed E-state index contributed by atoms with van der Waals surface area (Å²) in [6.07, 6.45) is 1.97. The van der Waals surface area contributed by atoms with Crippen LogP contribution in [0.5, 0.6) is 0 Å². The summed E-state index contributed by atoms with van der Waals surface area (Å²) in [4.78, 5) is 2.43. The van der Waals surface area contributed by atoms with Crippen LogP contribution in [-0.4, -0.2) is 65.9 Å². The first-order valence-electron chi connectivity index (χ1n) is 7.83. The zero-order valence-corrected chi connectivity index (χ0v) is 15.3. The number of nitrogens with zero attached hydrogens (tertiary/aromatic N) is 1. The van der Waals surface area contributed by atoms with Crippen LogP contribution in [0.25, 0.3) is 0 Å². The second-order valence-electron chi connectivity index (χ2n) is 6.55. The van der Waals surface area contributed by atoms with Crippen molar-refractivity contribution < 1.29 is 21.6 Å². The predicted octanol–water partition coefficient (Wildman–Crippen LogP) is 0.230. The van der Waals surface area contributed by atoms with Crippen LogP contribution in [0, 0.1) is 0 Å². The van der Waals surface area contributed by atoms with Crippen molar-refractivity contribution in [3.8, 4) is 0 Å². The van der Waals surface area contributed by atoms with Crippen molar-refractivity contribution in [2.24, 2.45) is 0 Å². The fourth-order valence-electron chi connectivity index (χ4n) is 3.28. The molecule has 1 aromatic carbocycles. The highest BCUT2D eigenvalue weighted by atomic mass is 32.2. The first-order chi connectivity index (χ1) is 11.1. The number of hydrogen-bond donors (Lipinski definition) is 1. The Morgan fingerprint density at radius 1 is 1.08 bits per heavy atom. The number of ether oxygens (including phenoxy) is 1. The second kappa shape index (κ2) is 6.38. The van der Waals surface area contributed by atoms with Crippen LogP contribution in [0.3, 0.4) is 0 Å². The van der Waals surface area contributed by atoms with Crippen LogP contribution in [0.2, 0.25) is 0 Å². The fraction of sp³-hybridized carbons (Fsp3) is 0.600. The van der Waals surface area contributed by atoms with Gasteiger partial charge in [0.15, 0.2) is 9.84 Å². The van der Waals surface area contributed by atoms with E-state index >= 15 is 0 Å². The van der Waals surface area contributed by atoms with Gasteiger partial charge in [-0.2, -0.15) is 0 Å². The van der Waals surface area contributed by atoms with E-state index in [-0.39, 0.29) is 28.0 Å². The Hall–Kier alpha value is -1.00. The molecule has 0 bridgehead atoms. The summed E-state index contributed by atoms with van der Waals surface area (Å²) in [7, 11) is -7.02. The molecule has 3 atom stereocenters. The van der Waals surface area contributed by atoms with E-state index in [1.807, 2.05) is 6.92 Å². The van der Waals surface area contributed by atoms with Crippen molar-refractivity contribution in [2.45, 2.75) is 41.3 Å². The molecule has 0 spiro atoms. The molecule has 1 aromatic rings. The molecule has 3 rings (SSSR count). The average Bonchev–Trinajstić information content (AvgIpc) is 2.87. The first kappa shape index (κ1) is 17.8. The maximum atomic E-state index is 12.5. The number of benzene rings is 1. The van der Waals surface area contributed by atoms with E-state index in [4.69, 9.17) is 4.74 Å². The molecule has 2 aliphatic rings. The minimum Gasteiger partial charge on any atom is -0.376 e. The Morgan fingerprint density at radius 2 is 1.71 bits per heavy atom. The summed E-state index contributed by atoms with van der Waals surface area (Å²) in [5.74, 6) is 0. The van der Waals surface area contributed by atoms with Crippen LogP contribution < -0.4 is 4.72 Å². The molecule has 2 fully saturated rings. The van der Waals surface area contributed by atoms with E-state index < -0.39 is 19.9 Å². The standard InChI is InChI=1S/C15H22N2O5S2/c1-11-8-17-9-12(7-13(17)10-22-11)16-24(20,21)15-5-3-14(4-6-15)23(2,18)19/h3-6,11-13,16H,7-10H2,1-2H3/t11-,12-,13-/m0/s1. The molecular weight excluding hydrogens is 352 g/mol. The number of sulfonamides is 1. The minimum absolute atomic E-state index is 0.0735. The van der Waals surface area contributed by atoms with Gasteiger partial charge >= 0.3 is 0 Å². The lowest BCUT2D eigenvalue weighted by atomic mass is 10.2. The summed E-state index contributed by atoms with van der Waals surface area (Å²) in [5, 5.41) is 0. The predicted molar refractivity (Wildman–Crippen MR) is 89.1 cm³/mol. The zero-order chi connectivity index (χ0) is 17.5. The van der Waals surface area contributed by atoms with Crippen LogP contribution in [0.4, 0.5) is 0 Å². The van der Waals surface area contributed by atoms with Gasteiger partial charge < -0.3 is 4.74 Å². The van der Waals surface area contributed by atoms with Crippen LogP contribution in [0.15, 0.2) is 34.1 Å². The lowest BCUT2D eigenvalue weighted by molar-refractivity contribution is -0.0390. The third-order valence-corrected chi connectivity index (χ3v) is 7.14. The Kier molecular flexibility index (Phi) is 4.73. The van der Waals surface area contributed by atoms with Gasteiger partial charge in [0.1, 0.15) is 0 Å². The topological polar surface area (TPSA) is 92.8 Å². The summed E-state index contributed by atoms with van der Waals surface area (Å²) >= 11 is 0. The SMILES string of the molecule is C[C@H]1CN2C[C@@H](NS(=O)(=O)c3ccc(S(C)(=O)=O)cc3)C[C@H]2CO1. The molecule has 0 aromatic heterocycles. The summed E-state index contributed by atoms with van der Waals surface area (Å²) in [5.41, 5.74) is 0. The second-order valence-corrected chi connectivity index (χ2v) is 10.3. The van der Waals surface area contributed by atoms with E-state index in [1.165, 1.54) is 24.3 Å². The Morgan fingerprint density at radius 3 is 2.33 bits per heavy atom. The molecular formula is C15H22N2O5S2. The summed E-state index contributed by atoms with van der Waals surface area (Å²) < 4.78 is 56.3. The molecule has 1 N–H and O–H groups in total. The Bertz CT molecular complexity index is 805. The largest absolute Gasteiger partial charge is 0.376 e. The highest BCUT2D eigenvalue weighted by Crippen LogP contribution is 2.24. The lowest BCUT2D eigenvalue weighted by Gasteiger charge is -2.33. The number of hydrogen-bond acceptors (Lipinski definition) is 6. The maximum absolute atomic E-state index is 12.5. The molecule has 7 nitrogen and oxygen atoms in total. The smallest absolute Gasteiger partial charge is 0.240 e. The highest BCUT2D eigenvalue weighted by Gasteiger charge is 2.37. The van der Waals surface area contributed by atoms with Crippen molar-refractivity contribution in [1.82, 2.24) is 9.62 Å². The summed E-state index contributed by atoms with van der Waals surface area (Å²) in [6, 6.07) is 5.37. The molecule has 0 aliphatic carbocycles. The Labute approximate surface area is 143 Å². The number of rotatable bonds is 4. The molecule has 2 saturated heterocycles.